The number of nitrogens with zero attached hydrogens (tertiary/aromatic N) is 2. The van der Waals surface area contributed by atoms with Crippen LogP contribution in [0.5, 0.6) is 11.5 Å². The molecule has 8 rings (SSSR count). The standard InChI is InChI=1S/C31H32N2O5/c34-23-9-8-20-15-24-31(37)11-10-22(33-25(35)16-21(29(33)36)14-18-4-2-1-3-5-18)28-30(31,26(20)27(23)38-28)12-13-32(24)17-19-6-7-19/h1-5,8-9,14,19,22,24,28,34,37H,6-7,10-13,15-17H2/b21-14-/t22-,24-,28+,30+,31-/m1/s1. The molecule has 3 aliphatic carbocycles. The van der Waals surface area contributed by atoms with Crippen LogP contribution < -0.4 is 4.74 Å². The molecule has 2 bridgehead atoms. The first kappa shape index (κ1) is 22.8. The molecule has 6 aliphatic rings. The van der Waals surface area contributed by atoms with Gasteiger partial charge in [-0.25, -0.2) is 0 Å². The molecule has 0 aromatic heterocycles. The Labute approximate surface area is 221 Å². The fourth-order valence-electron chi connectivity index (χ4n) is 8.51. The van der Waals surface area contributed by atoms with Crippen molar-refractivity contribution < 1.29 is 24.5 Å². The Balaban J connectivity index is 1.21. The van der Waals surface area contributed by atoms with Crippen LogP contribution in [0.15, 0.2) is 48.0 Å². The fourth-order valence-corrected chi connectivity index (χ4v) is 8.51. The lowest BCUT2D eigenvalue weighted by Gasteiger charge is -2.64. The van der Waals surface area contributed by atoms with E-state index < -0.39 is 23.2 Å². The van der Waals surface area contributed by atoms with Gasteiger partial charge in [-0.15, -0.1) is 0 Å². The number of piperidine rings is 1. The molecule has 2 aromatic carbocycles. The van der Waals surface area contributed by atoms with Crippen molar-refractivity contribution in [3.63, 3.8) is 0 Å². The van der Waals surface area contributed by atoms with Crippen molar-refractivity contribution in [2.75, 3.05) is 13.1 Å². The third kappa shape index (κ3) is 2.86. The summed E-state index contributed by atoms with van der Waals surface area (Å²) in [7, 11) is 0. The molecule has 2 N–H and O–H groups in total. The number of carbonyl (C=O) groups is 2. The van der Waals surface area contributed by atoms with Gasteiger partial charge in [-0.1, -0.05) is 36.4 Å². The summed E-state index contributed by atoms with van der Waals surface area (Å²) in [6, 6.07) is 12.7. The topological polar surface area (TPSA) is 90.3 Å². The van der Waals surface area contributed by atoms with E-state index in [1.807, 2.05) is 36.4 Å². The molecular weight excluding hydrogens is 480 g/mol. The van der Waals surface area contributed by atoms with Crippen molar-refractivity contribution in [2.24, 2.45) is 5.92 Å². The molecule has 4 fully saturated rings. The quantitative estimate of drug-likeness (QED) is 0.483. The van der Waals surface area contributed by atoms with Crippen LogP contribution >= 0.6 is 0 Å². The van der Waals surface area contributed by atoms with Crippen LogP contribution in [0, 0.1) is 5.92 Å². The minimum Gasteiger partial charge on any atom is -0.504 e. The number of imide groups is 1. The SMILES string of the molecule is O=C1C/C(=C/c2ccccc2)C(=O)N1[C@@H]1CC[C@@]2(O)[C@H]3Cc4ccc(O)c5c4[C@@]2(CCN3CC2CC2)[C@H]1O5. The number of phenols is 1. The smallest absolute Gasteiger partial charge is 0.257 e. The minimum absolute atomic E-state index is 0.0367. The van der Waals surface area contributed by atoms with E-state index in [0.29, 0.717) is 36.5 Å². The molecule has 196 valence electrons. The van der Waals surface area contributed by atoms with Gasteiger partial charge >= 0.3 is 0 Å². The van der Waals surface area contributed by atoms with Crippen LogP contribution in [0.25, 0.3) is 6.08 Å². The highest BCUT2D eigenvalue weighted by atomic mass is 16.5. The highest BCUT2D eigenvalue weighted by Gasteiger charge is 2.74. The summed E-state index contributed by atoms with van der Waals surface area (Å²) in [6.07, 6.45) is 6.18. The van der Waals surface area contributed by atoms with E-state index in [-0.39, 0.29) is 30.0 Å². The predicted molar refractivity (Wildman–Crippen MR) is 139 cm³/mol. The number of aromatic hydroxyl groups is 1. The third-order valence-corrected chi connectivity index (χ3v) is 10.3. The predicted octanol–water partition coefficient (Wildman–Crippen LogP) is 3.17. The number of aliphatic hydroxyl groups is 1. The molecule has 0 radical (unpaired) electrons. The molecule has 38 heavy (non-hydrogen) atoms. The molecule has 2 amide bonds. The lowest BCUT2D eigenvalue weighted by Crippen LogP contribution is -2.78. The van der Waals surface area contributed by atoms with Gasteiger partial charge in [0.05, 0.1) is 23.5 Å². The second-order valence-corrected chi connectivity index (χ2v) is 12.2. The van der Waals surface area contributed by atoms with Crippen LogP contribution in [0.2, 0.25) is 0 Å². The minimum atomic E-state index is -1.04. The van der Waals surface area contributed by atoms with Crippen LogP contribution in [-0.2, 0) is 21.4 Å². The summed E-state index contributed by atoms with van der Waals surface area (Å²) >= 11 is 0. The van der Waals surface area contributed by atoms with E-state index in [4.69, 9.17) is 4.74 Å². The Bertz CT molecular complexity index is 1400. The van der Waals surface area contributed by atoms with Gasteiger partial charge < -0.3 is 14.9 Å². The Hall–Kier alpha value is -3.16. The molecule has 7 heteroatoms. The lowest BCUT2D eigenvalue weighted by atomic mass is 9.48. The second kappa shape index (κ2) is 7.70. The zero-order valence-electron chi connectivity index (χ0n) is 21.3. The van der Waals surface area contributed by atoms with E-state index in [0.717, 1.165) is 36.2 Å². The van der Waals surface area contributed by atoms with Crippen molar-refractivity contribution in [3.05, 3.63) is 64.7 Å². The van der Waals surface area contributed by atoms with Crippen molar-refractivity contribution in [1.29, 1.82) is 0 Å². The van der Waals surface area contributed by atoms with Crippen molar-refractivity contribution >= 4 is 17.9 Å². The zero-order chi connectivity index (χ0) is 25.8. The first-order chi connectivity index (χ1) is 18.4. The Morgan fingerprint density at radius 3 is 2.66 bits per heavy atom. The lowest BCUT2D eigenvalue weighted by molar-refractivity contribution is -0.201. The van der Waals surface area contributed by atoms with Gasteiger partial charge in [0.2, 0.25) is 5.91 Å². The molecule has 2 saturated heterocycles. The Morgan fingerprint density at radius 1 is 1.05 bits per heavy atom. The van der Waals surface area contributed by atoms with Gasteiger partial charge in [0.25, 0.3) is 5.91 Å². The molecular formula is C31H32N2O5. The number of amides is 2. The maximum atomic E-state index is 13.7. The molecule has 2 saturated carbocycles. The first-order valence-electron chi connectivity index (χ1n) is 14.0. The molecule has 3 aliphatic heterocycles. The molecule has 0 unspecified atom stereocenters. The van der Waals surface area contributed by atoms with E-state index in [1.54, 1.807) is 12.1 Å². The maximum Gasteiger partial charge on any atom is 0.257 e. The number of hydrogen-bond donors (Lipinski definition) is 2. The number of rotatable bonds is 4. The van der Waals surface area contributed by atoms with Gasteiger partial charge in [0.15, 0.2) is 11.5 Å². The summed E-state index contributed by atoms with van der Waals surface area (Å²) in [6.45, 7) is 1.85. The largest absolute Gasteiger partial charge is 0.504 e. The van der Waals surface area contributed by atoms with Crippen LogP contribution in [0.1, 0.15) is 55.2 Å². The number of ether oxygens (including phenoxy) is 1. The average Bonchev–Trinajstić information content (AvgIpc) is 3.59. The highest BCUT2D eigenvalue weighted by molar-refractivity contribution is 6.16. The summed E-state index contributed by atoms with van der Waals surface area (Å²) in [4.78, 5) is 31.0. The van der Waals surface area contributed by atoms with Crippen LogP contribution in [0.3, 0.4) is 0 Å². The monoisotopic (exact) mass is 512 g/mol. The third-order valence-electron chi connectivity index (χ3n) is 10.3. The molecule has 5 atom stereocenters. The van der Waals surface area contributed by atoms with Gasteiger partial charge in [0.1, 0.15) is 6.10 Å². The highest BCUT2D eigenvalue weighted by Crippen LogP contribution is 2.66. The Morgan fingerprint density at radius 2 is 1.87 bits per heavy atom. The number of benzene rings is 2. The number of hydrogen-bond acceptors (Lipinski definition) is 6. The summed E-state index contributed by atoms with van der Waals surface area (Å²) < 4.78 is 6.58. The van der Waals surface area contributed by atoms with E-state index in [2.05, 4.69) is 4.90 Å². The molecule has 1 spiro atoms. The van der Waals surface area contributed by atoms with Crippen molar-refractivity contribution in [1.82, 2.24) is 9.80 Å². The van der Waals surface area contributed by atoms with E-state index >= 15 is 0 Å². The number of phenolic OH excluding ortho intramolecular Hbond substituents is 1. The van der Waals surface area contributed by atoms with Gasteiger partial charge in [-0.3, -0.25) is 19.4 Å². The fraction of sp³-hybridized carbons (Fsp3) is 0.484. The summed E-state index contributed by atoms with van der Waals surface area (Å²) in [5.74, 6) is 0.730. The Kier molecular flexibility index (Phi) is 4.62. The summed E-state index contributed by atoms with van der Waals surface area (Å²) in [5, 5.41) is 23.5. The van der Waals surface area contributed by atoms with Crippen molar-refractivity contribution in [2.45, 2.75) is 74.1 Å². The molecule has 2 aromatic rings. The zero-order valence-corrected chi connectivity index (χ0v) is 21.3. The second-order valence-electron chi connectivity index (χ2n) is 12.2. The van der Waals surface area contributed by atoms with Gasteiger partial charge in [-0.05, 0) is 74.3 Å². The maximum absolute atomic E-state index is 13.7. The van der Waals surface area contributed by atoms with Crippen LogP contribution in [-0.4, -0.2) is 68.7 Å². The van der Waals surface area contributed by atoms with E-state index in [1.165, 1.54) is 17.7 Å². The van der Waals surface area contributed by atoms with Gasteiger partial charge in [0, 0.05) is 23.7 Å². The summed E-state index contributed by atoms with van der Waals surface area (Å²) in [5.41, 5.74) is 1.60. The van der Waals surface area contributed by atoms with Crippen LogP contribution in [0.4, 0.5) is 0 Å². The molecule has 3 heterocycles. The number of carbonyl (C=O) groups excluding carboxylic acids is 2. The number of likely N-dealkylation sites (tertiary alicyclic amines) is 2. The van der Waals surface area contributed by atoms with Gasteiger partial charge in [-0.2, -0.15) is 0 Å². The average molecular weight is 513 g/mol. The normalized spacial score (nSPS) is 36.5. The molecule has 7 nitrogen and oxygen atoms in total. The van der Waals surface area contributed by atoms with Crippen molar-refractivity contribution in [3.8, 4) is 11.5 Å². The first-order valence-corrected chi connectivity index (χ1v) is 14.0. The van der Waals surface area contributed by atoms with E-state index in [9.17, 15) is 19.8 Å².